The third-order valence-electron chi connectivity index (χ3n) is 7.41. The summed E-state index contributed by atoms with van der Waals surface area (Å²) in [6.07, 6.45) is 0.976. The fraction of sp³-hybridized carbons (Fsp3) is 0.294. The van der Waals surface area contributed by atoms with Crippen LogP contribution >= 0.6 is 0 Å². The summed E-state index contributed by atoms with van der Waals surface area (Å²) in [5.74, 6) is 1.06. The van der Waals surface area contributed by atoms with Crippen LogP contribution in [0, 0.1) is 0 Å². The van der Waals surface area contributed by atoms with Crippen LogP contribution in [0.2, 0.25) is 0 Å². The van der Waals surface area contributed by atoms with Gasteiger partial charge in [0, 0.05) is 23.6 Å². The topological polar surface area (TPSA) is 43.2 Å². The van der Waals surface area contributed by atoms with E-state index >= 15 is 0 Å². The minimum Gasteiger partial charge on any atom is -0.489 e. The summed E-state index contributed by atoms with van der Waals surface area (Å²) in [6, 6.07) is 36.6. The summed E-state index contributed by atoms with van der Waals surface area (Å²) in [7, 11) is 0. The number of nitrogens with zero attached hydrogens (tertiary/aromatic N) is 4. The van der Waals surface area contributed by atoms with Gasteiger partial charge in [0.25, 0.3) is 0 Å². The summed E-state index contributed by atoms with van der Waals surface area (Å²) < 4.78 is 8.46. The number of fused-ring (bicyclic) bond motifs is 1. The zero-order chi connectivity index (χ0) is 27.2. The molecule has 0 amide bonds. The first kappa shape index (κ1) is 26.6. The van der Waals surface area contributed by atoms with E-state index in [0.29, 0.717) is 18.7 Å². The van der Waals surface area contributed by atoms with Gasteiger partial charge >= 0.3 is 0 Å². The van der Waals surface area contributed by atoms with Crippen LogP contribution in [0.3, 0.4) is 0 Å². The lowest BCUT2D eigenvalue weighted by Gasteiger charge is -2.32. The average molecular weight is 519 g/mol. The number of ether oxygens (including phenoxy) is 1. The molecule has 5 heteroatoms. The molecule has 4 aromatic carbocycles. The van der Waals surface area contributed by atoms with E-state index in [4.69, 9.17) is 4.74 Å². The first-order valence-corrected chi connectivity index (χ1v) is 13.9. The average Bonchev–Trinajstić information content (AvgIpc) is 3.39. The lowest BCUT2D eigenvalue weighted by Crippen LogP contribution is -2.38. The maximum absolute atomic E-state index is 6.53. The van der Waals surface area contributed by atoms with Crippen molar-refractivity contribution in [1.29, 1.82) is 0 Å². The predicted octanol–water partition coefficient (Wildman–Crippen LogP) is 7.64. The van der Waals surface area contributed by atoms with E-state index in [0.717, 1.165) is 41.0 Å². The number of benzene rings is 4. The Hall–Kier alpha value is -3.96. The van der Waals surface area contributed by atoms with Gasteiger partial charge in [-0.05, 0) is 82.1 Å². The van der Waals surface area contributed by atoms with Gasteiger partial charge in [-0.25, -0.2) is 4.68 Å². The van der Waals surface area contributed by atoms with Crippen LogP contribution in [0.25, 0.3) is 16.7 Å². The van der Waals surface area contributed by atoms with Gasteiger partial charge < -0.3 is 4.74 Å². The summed E-state index contributed by atoms with van der Waals surface area (Å²) >= 11 is 0. The largest absolute Gasteiger partial charge is 0.489 e. The fourth-order valence-corrected chi connectivity index (χ4v) is 5.44. The molecular weight excluding hydrogens is 480 g/mol. The van der Waals surface area contributed by atoms with Crippen LogP contribution in [0.15, 0.2) is 103 Å². The Morgan fingerprint density at radius 1 is 0.769 bits per heavy atom. The molecule has 1 atom stereocenters. The molecule has 0 aliphatic carbocycles. The third-order valence-corrected chi connectivity index (χ3v) is 7.41. The van der Waals surface area contributed by atoms with Crippen LogP contribution in [0.1, 0.15) is 56.7 Å². The van der Waals surface area contributed by atoms with E-state index < -0.39 is 0 Å². The molecule has 1 aromatic heterocycles. The van der Waals surface area contributed by atoms with Gasteiger partial charge in [-0.3, -0.25) is 4.90 Å². The second-order valence-corrected chi connectivity index (χ2v) is 10.7. The van der Waals surface area contributed by atoms with Crippen LogP contribution in [-0.4, -0.2) is 38.5 Å². The molecule has 0 aliphatic heterocycles. The molecule has 1 heterocycles. The van der Waals surface area contributed by atoms with E-state index in [1.807, 2.05) is 28.9 Å². The van der Waals surface area contributed by atoms with Gasteiger partial charge in [0.05, 0.1) is 11.2 Å². The molecule has 0 saturated heterocycles. The molecule has 0 N–H and O–H groups in total. The number of rotatable bonds is 11. The van der Waals surface area contributed by atoms with Crippen LogP contribution in [-0.2, 0) is 6.61 Å². The highest BCUT2D eigenvalue weighted by atomic mass is 16.5. The van der Waals surface area contributed by atoms with Crippen molar-refractivity contribution in [1.82, 2.24) is 19.9 Å². The second-order valence-electron chi connectivity index (χ2n) is 10.7. The summed E-state index contributed by atoms with van der Waals surface area (Å²) in [5, 5.41) is 8.90. The van der Waals surface area contributed by atoms with Gasteiger partial charge in [-0.1, -0.05) is 78.0 Å². The van der Waals surface area contributed by atoms with Crippen LogP contribution in [0.4, 0.5) is 0 Å². The molecule has 0 bridgehead atoms. The molecule has 0 fully saturated rings. The molecule has 5 nitrogen and oxygen atoms in total. The quantitative estimate of drug-likeness (QED) is 0.180. The molecule has 5 rings (SSSR count). The number of hydrogen-bond acceptors (Lipinski definition) is 4. The normalized spacial score (nSPS) is 12.5. The SMILES string of the molecule is CC(C)N(CC[C@@H](c1ccccc1)c1cc(-n2nnc3ccccc32)ccc1OCc1ccccc1)C(C)C. The number of hydrogen-bond donors (Lipinski definition) is 0. The smallest absolute Gasteiger partial charge is 0.123 e. The van der Waals surface area contributed by atoms with Crippen molar-refractivity contribution in [3.63, 3.8) is 0 Å². The Morgan fingerprint density at radius 2 is 1.44 bits per heavy atom. The van der Waals surface area contributed by atoms with E-state index in [-0.39, 0.29) is 5.92 Å². The van der Waals surface area contributed by atoms with Crippen molar-refractivity contribution >= 4 is 11.0 Å². The van der Waals surface area contributed by atoms with Gasteiger partial charge in [0.1, 0.15) is 17.9 Å². The van der Waals surface area contributed by atoms with Crippen LogP contribution in [0.5, 0.6) is 5.75 Å². The van der Waals surface area contributed by atoms with E-state index in [2.05, 4.69) is 122 Å². The Morgan fingerprint density at radius 3 is 2.15 bits per heavy atom. The second kappa shape index (κ2) is 12.3. The minimum atomic E-state index is 0.159. The lowest BCUT2D eigenvalue weighted by molar-refractivity contribution is 0.170. The van der Waals surface area contributed by atoms with Crippen molar-refractivity contribution in [3.05, 3.63) is 120 Å². The molecule has 0 unspecified atom stereocenters. The Labute approximate surface area is 232 Å². The molecule has 0 aliphatic rings. The monoisotopic (exact) mass is 518 g/mol. The first-order chi connectivity index (χ1) is 19.0. The summed E-state index contributed by atoms with van der Waals surface area (Å²) in [4.78, 5) is 2.56. The van der Waals surface area contributed by atoms with Crippen molar-refractivity contribution in [2.24, 2.45) is 0 Å². The molecule has 5 aromatic rings. The Kier molecular flexibility index (Phi) is 8.38. The van der Waals surface area contributed by atoms with E-state index in [1.165, 1.54) is 11.1 Å². The van der Waals surface area contributed by atoms with Crippen molar-refractivity contribution in [2.45, 2.75) is 58.7 Å². The van der Waals surface area contributed by atoms with E-state index in [9.17, 15) is 0 Å². The zero-order valence-corrected chi connectivity index (χ0v) is 23.4. The first-order valence-electron chi connectivity index (χ1n) is 13.9. The van der Waals surface area contributed by atoms with Crippen LogP contribution < -0.4 is 4.74 Å². The number of aromatic nitrogens is 3. The van der Waals surface area contributed by atoms with E-state index in [1.54, 1.807) is 0 Å². The standard InChI is InChI=1S/C34H38N4O/c1-25(2)37(26(3)4)22-21-30(28-15-9-6-10-16-28)31-23-29(38-33-18-12-11-17-32(33)35-36-38)19-20-34(31)39-24-27-13-7-5-8-14-27/h5-20,23,25-26,30H,21-22,24H2,1-4H3/t30-/m0/s1. The van der Waals surface area contributed by atoms with Crippen molar-refractivity contribution < 1.29 is 4.74 Å². The predicted molar refractivity (Wildman–Crippen MR) is 160 cm³/mol. The highest BCUT2D eigenvalue weighted by molar-refractivity contribution is 5.76. The Bertz CT molecular complexity index is 1470. The van der Waals surface area contributed by atoms with Gasteiger partial charge in [0.15, 0.2) is 0 Å². The Balaban J connectivity index is 1.58. The molecule has 0 spiro atoms. The van der Waals surface area contributed by atoms with Gasteiger partial charge in [-0.2, -0.15) is 0 Å². The van der Waals surface area contributed by atoms with Gasteiger partial charge in [0.2, 0.25) is 0 Å². The number of para-hydroxylation sites is 1. The van der Waals surface area contributed by atoms with Gasteiger partial charge in [-0.15, -0.1) is 5.10 Å². The molecule has 39 heavy (non-hydrogen) atoms. The molecule has 200 valence electrons. The molecule has 0 saturated carbocycles. The van der Waals surface area contributed by atoms with Crippen molar-refractivity contribution in [3.8, 4) is 11.4 Å². The highest BCUT2D eigenvalue weighted by Gasteiger charge is 2.23. The molecular formula is C34H38N4O. The third kappa shape index (κ3) is 6.21. The maximum atomic E-state index is 6.53. The maximum Gasteiger partial charge on any atom is 0.123 e. The highest BCUT2D eigenvalue weighted by Crippen LogP contribution is 2.37. The zero-order valence-electron chi connectivity index (χ0n) is 23.4. The molecule has 0 radical (unpaired) electrons. The lowest BCUT2D eigenvalue weighted by atomic mass is 9.87. The summed E-state index contributed by atoms with van der Waals surface area (Å²) in [5.41, 5.74) is 6.46. The summed E-state index contributed by atoms with van der Waals surface area (Å²) in [6.45, 7) is 10.6. The minimum absolute atomic E-state index is 0.159. The van der Waals surface area contributed by atoms with Crippen molar-refractivity contribution in [2.75, 3.05) is 6.54 Å². The fourth-order valence-electron chi connectivity index (χ4n) is 5.44.